The molecule has 1 heterocycles. The Labute approximate surface area is 126 Å². The number of quaternary nitrogens is 1. The number of amides is 1. The summed E-state index contributed by atoms with van der Waals surface area (Å²) < 4.78 is 2.08. The Morgan fingerprint density at radius 1 is 1.24 bits per heavy atom. The summed E-state index contributed by atoms with van der Waals surface area (Å²) in [5.41, 5.74) is 2.25. The summed E-state index contributed by atoms with van der Waals surface area (Å²) in [4.78, 5) is 13.6. The number of benzene rings is 1. The molecule has 0 fully saturated rings. The van der Waals surface area contributed by atoms with Crippen LogP contribution in [0.5, 0.6) is 0 Å². The maximum atomic E-state index is 12.1. The molecule has 0 aliphatic heterocycles. The number of nitrogens with zero attached hydrogens (tertiary/aromatic N) is 1. The molecule has 0 unspecified atom stereocenters. The third-order valence-electron chi connectivity index (χ3n) is 4.12. The Morgan fingerprint density at radius 2 is 1.95 bits per heavy atom. The number of rotatable bonds is 7. The van der Waals surface area contributed by atoms with Crippen molar-refractivity contribution in [1.82, 2.24) is 9.88 Å². The predicted molar refractivity (Wildman–Crippen MR) is 86.6 cm³/mol. The zero-order valence-corrected chi connectivity index (χ0v) is 13.3. The average molecular weight is 288 g/mol. The number of aromatic nitrogens is 1. The molecule has 1 aromatic heterocycles. The second-order valence-corrected chi connectivity index (χ2v) is 5.49. The van der Waals surface area contributed by atoms with E-state index in [9.17, 15) is 4.79 Å². The Bertz CT molecular complexity index is 599. The fourth-order valence-electron chi connectivity index (χ4n) is 2.74. The van der Waals surface area contributed by atoms with Gasteiger partial charge in [-0.05, 0) is 38.3 Å². The maximum Gasteiger partial charge on any atom is 0.240 e. The van der Waals surface area contributed by atoms with Crippen molar-refractivity contribution in [2.24, 2.45) is 0 Å². The lowest BCUT2D eigenvalue weighted by Crippen LogP contribution is -3.12. The van der Waals surface area contributed by atoms with Crippen LogP contribution in [0, 0.1) is 6.92 Å². The van der Waals surface area contributed by atoms with E-state index in [1.54, 1.807) is 0 Å². The Balaban J connectivity index is 1.94. The van der Waals surface area contributed by atoms with Crippen LogP contribution in [0.25, 0.3) is 10.9 Å². The zero-order chi connectivity index (χ0) is 15.2. The third kappa shape index (κ3) is 3.85. The minimum Gasteiger partial charge on any atom is -0.349 e. The van der Waals surface area contributed by atoms with E-state index in [0.717, 1.165) is 37.4 Å². The molecule has 0 atom stereocenters. The number of hydrogen-bond acceptors (Lipinski definition) is 1. The summed E-state index contributed by atoms with van der Waals surface area (Å²) in [6, 6.07) is 10.3. The molecule has 2 aromatic rings. The van der Waals surface area contributed by atoms with Crippen molar-refractivity contribution in [3.05, 3.63) is 36.0 Å². The van der Waals surface area contributed by atoms with Crippen LogP contribution in [0.4, 0.5) is 0 Å². The van der Waals surface area contributed by atoms with Crippen LogP contribution < -0.4 is 10.2 Å². The minimum absolute atomic E-state index is 0.0889. The molecule has 0 radical (unpaired) electrons. The number of carbonyl (C=O) groups excluding carboxylic acids is 1. The number of para-hydroxylation sites is 1. The second-order valence-electron chi connectivity index (χ2n) is 5.49. The number of nitrogens with one attached hydrogen (secondary N) is 2. The van der Waals surface area contributed by atoms with Crippen molar-refractivity contribution >= 4 is 16.8 Å². The number of likely N-dealkylation sites (N-methyl/N-ethyl adjacent to an activating group) is 1. The van der Waals surface area contributed by atoms with Crippen LogP contribution in [-0.2, 0) is 11.3 Å². The van der Waals surface area contributed by atoms with Gasteiger partial charge in [-0.3, -0.25) is 4.79 Å². The van der Waals surface area contributed by atoms with Crippen molar-refractivity contribution in [2.45, 2.75) is 27.3 Å². The van der Waals surface area contributed by atoms with Crippen molar-refractivity contribution in [2.75, 3.05) is 26.2 Å². The normalized spacial score (nSPS) is 11.2. The van der Waals surface area contributed by atoms with Gasteiger partial charge in [-0.25, -0.2) is 0 Å². The first-order valence-electron chi connectivity index (χ1n) is 7.80. The summed E-state index contributed by atoms with van der Waals surface area (Å²) in [7, 11) is 0. The van der Waals surface area contributed by atoms with Crippen molar-refractivity contribution < 1.29 is 9.69 Å². The Kier molecular flexibility index (Phi) is 5.39. The molecule has 0 saturated heterocycles. The van der Waals surface area contributed by atoms with Gasteiger partial charge >= 0.3 is 0 Å². The predicted octanol–water partition coefficient (Wildman–Crippen LogP) is 0.991. The zero-order valence-electron chi connectivity index (χ0n) is 13.3. The first kappa shape index (κ1) is 15.6. The summed E-state index contributed by atoms with van der Waals surface area (Å²) in [6.45, 7) is 10.7. The second kappa shape index (κ2) is 7.27. The van der Waals surface area contributed by atoms with E-state index in [1.807, 2.05) is 19.1 Å². The molecule has 1 aromatic carbocycles. The largest absolute Gasteiger partial charge is 0.349 e. The minimum atomic E-state index is 0.0889. The number of aryl methyl sites for hydroxylation is 1. The summed E-state index contributed by atoms with van der Waals surface area (Å²) in [5, 5.41) is 4.22. The van der Waals surface area contributed by atoms with Gasteiger partial charge in [0.05, 0.1) is 26.2 Å². The van der Waals surface area contributed by atoms with E-state index in [4.69, 9.17) is 0 Å². The Morgan fingerprint density at radius 3 is 2.67 bits per heavy atom. The molecule has 0 aliphatic rings. The van der Waals surface area contributed by atoms with E-state index >= 15 is 0 Å². The topological polar surface area (TPSA) is 38.5 Å². The van der Waals surface area contributed by atoms with Gasteiger partial charge in [-0.2, -0.15) is 0 Å². The highest BCUT2D eigenvalue weighted by Crippen LogP contribution is 2.18. The lowest BCUT2D eigenvalue weighted by molar-refractivity contribution is -0.895. The number of fused-ring (bicyclic) bond motifs is 1. The molecule has 2 N–H and O–H groups in total. The van der Waals surface area contributed by atoms with E-state index in [-0.39, 0.29) is 5.91 Å². The van der Waals surface area contributed by atoms with E-state index in [1.165, 1.54) is 10.3 Å². The molecule has 21 heavy (non-hydrogen) atoms. The molecule has 0 bridgehead atoms. The van der Waals surface area contributed by atoms with Gasteiger partial charge in [-0.15, -0.1) is 0 Å². The highest BCUT2D eigenvalue weighted by Gasteiger charge is 2.10. The third-order valence-corrected chi connectivity index (χ3v) is 4.12. The van der Waals surface area contributed by atoms with E-state index < -0.39 is 0 Å². The fourth-order valence-corrected chi connectivity index (χ4v) is 2.74. The molecule has 0 aliphatic carbocycles. The van der Waals surface area contributed by atoms with Gasteiger partial charge < -0.3 is 14.8 Å². The van der Waals surface area contributed by atoms with Crippen LogP contribution in [-0.4, -0.2) is 36.7 Å². The SMILES string of the molecule is CC[NH+](CC)CCNC(=O)Cn1c(C)cc2ccccc21. The van der Waals surface area contributed by atoms with Gasteiger partial charge in [0.15, 0.2) is 0 Å². The fraction of sp³-hybridized carbons (Fsp3) is 0.471. The lowest BCUT2D eigenvalue weighted by atomic mass is 10.2. The summed E-state index contributed by atoms with van der Waals surface area (Å²) >= 11 is 0. The molecule has 2 rings (SSSR count). The molecule has 0 saturated carbocycles. The van der Waals surface area contributed by atoms with E-state index in [2.05, 4.69) is 41.9 Å². The molecule has 4 heteroatoms. The standard InChI is InChI=1S/C17H25N3O/c1-4-19(5-2)11-10-18-17(21)13-20-14(3)12-15-8-6-7-9-16(15)20/h6-9,12H,4-5,10-11,13H2,1-3H3,(H,18,21)/p+1. The highest BCUT2D eigenvalue weighted by atomic mass is 16.1. The van der Waals surface area contributed by atoms with E-state index in [0.29, 0.717) is 6.54 Å². The first-order chi connectivity index (χ1) is 10.2. The van der Waals surface area contributed by atoms with Crippen LogP contribution in [0.3, 0.4) is 0 Å². The lowest BCUT2D eigenvalue weighted by Gasteiger charge is -2.16. The average Bonchev–Trinajstić information content (AvgIpc) is 2.80. The van der Waals surface area contributed by atoms with Crippen molar-refractivity contribution in [3.63, 3.8) is 0 Å². The first-order valence-corrected chi connectivity index (χ1v) is 7.80. The van der Waals surface area contributed by atoms with Gasteiger partial charge in [0.1, 0.15) is 6.54 Å². The van der Waals surface area contributed by atoms with Crippen LogP contribution in [0.15, 0.2) is 30.3 Å². The van der Waals surface area contributed by atoms with Gasteiger partial charge in [0.25, 0.3) is 0 Å². The molecular formula is C17H26N3O+. The summed E-state index contributed by atoms with van der Waals surface area (Å²) in [5.74, 6) is 0.0889. The van der Waals surface area contributed by atoms with Gasteiger partial charge in [0.2, 0.25) is 5.91 Å². The van der Waals surface area contributed by atoms with Crippen LogP contribution >= 0.6 is 0 Å². The van der Waals surface area contributed by atoms with Crippen molar-refractivity contribution in [3.8, 4) is 0 Å². The maximum absolute atomic E-state index is 12.1. The van der Waals surface area contributed by atoms with Gasteiger partial charge in [0, 0.05) is 11.2 Å². The summed E-state index contributed by atoms with van der Waals surface area (Å²) in [6.07, 6.45) is 0. The smallest absolute Gasteiger partial charge is 0.240 e. The molecule has 1 amide bonds. The van der Waals surface area contributed by atoms with Gasteiger partial charge in [-0.1, -0.05) is 18.2 Å². The molecule has 0 spiro atoms. The Hall–Kier alpha value is -1.81. The number of hydrogen-bond donors (Lipinski definition) is 2. The molecular weight excluding hydrogens is 262 g/mol. The highest BCUT2D eigenvalue weighted by molar-refractivity contribution is 5.84. The molecule has 4 nitrogen and oxygen atoms in total. The quantitative estimate of drug-likeness (QED) is 0.783. The van der Waals surface area contributed by atoms with Crippen molar-refractivity contribution in [1.29, 1.82) is 0 Å². The van der Waals surface area contributed by atoms with Crippen LogP contribution in [0.2, 0.25) is 0 Å². The monoisotopic (exact) mass is 288 g/mol. The number of carbonyl (C=O) groups is 1. The molecule has 114 valence electrons. The van der Waals surface area contributed by atoms with Crippen LogP contribution in [0.1, 0.15) is 19.5 Å².